The highest BCUT2D eigenvalue weighted by Gasteiger charge is 2.18. The highest BCUT2D eigenvalue weighted by molar-refractivity contribution is 5.99. The molecule has 0 aliphatic rings. The number of nitrogens with zero attached hydrogens (tertiary/aromatic N) is 1. The summed E-state index contributed by atoms with van der Waals surface area (Å²) in [5.74, 6) is 0.164. The van der Waals surface area contributed by atoms with Gasteiger partial charge in [0.15, 0.2) is 0 Å². The first-order valence-corrected chi connectivity index (χ1v) is 12.6. The molecule has 0 radical (unpaired) electrons. The maximum atomic E-state index is 13.6. The highest BCUT2D eigenvalue weighted by Crippen LogP contribution is 2.27. The predicted octanol–water partition coefficient (Wildman–Crippen LogP) is 4.74. The van der Waals surface area contributed by atoms with Crippen molar-refractivity contribution in [3.63, 3.8) is 0 Å². The van der Waals surface area contributed by atoms with E-state index in [4.69, 9.17) is 31.8 Å². The molecule has 9 nitrogen and oxygen atoms in total. The maximum absolute atomic E-state index is 13.6. The summed E-state index contributed by atoms with van der Waals surface area (Å²) in [6.45, 7) is 2.00. The van der Waals surface area contributed by atoms with E-state index in [1.807, 2.05) is 30.3 Å². The van der Waals surface area contributed by atoms with E-state index in [0.717, 1.165) is 16.3 Å². The van der Waals surface area contributed by atoms with Gasteiger partial charge < -0.3 is 25.5 Å². The van der Waals surface area contributed by atoms with E-state index in [2.05, 4.69) is 0 Å². The number of hydrogen-bond donors (Lipinski definition) is 4. The molecule has 1 heterocycles. The Morgan fingerprint density at radius 2 is 1.50 bits per heavy atom. The van der Waals surface area contributed by atoms with Crippen LogP contribution in [0.25, 0.3) is 21.7 Å². The average molecular weight is 534 g/mol. The van der Waals surface area contributed by atoms with Crippen LogP contribution in [-0.2, 0) is 11.3 Å². The molecule has 0 bridgehead atoms. The van der Waals surface area contributed by atoms with Gasteiger partial charge in [-0.3, -0.25) is 15.6 Å². The first kappa shape index (κ1) is 26.2. The van der Waals surface area contributed by atoms with Gasteiger partial charge in [0.1, 0.15) is 28.7 Å². The van der Waals surface area contributed by atoms with Crippen LogP contribution in [-0.4, -0.2) is 28.8 Å². The van der Waals surface area contributed by atoms with Crippen LogP contribution in [0.3, 0.4) is 0 Å². The number of pyridine rings is 1. The summed E-state index contributed by atoms with van der Waals surface area (Å²) in [6.07, 6.45) is 0. The molecular formula is C31H27N5O4. The second-order valence-electron chi connectivity index (χ2n) is 9.24. The molecule has 0 fully saturated rings. The van der Waals surface area contributed by atoms with Gasteiger partial charge in [0.2, 0.25) is 0 Å². The third-order valence-electron chi connectivity index (χ3n) is 6.50. The van der Waals surface area contributed by atoms with Crippen LogP contribution in [0.15, 0.2) is 89.7 Å². The number of nitrogen functional groups attached to an aromatic ring is 2. The van der Waals surface area contributed by atoms with Crippen LogP contribution < -0.4 is 21.8 Å². The van der Waals surface area contributed by atoms with Crippen LogP contribution >= 0.6 is 0 Å². The normalized spacial score (nSPS) is 10.9. The van der Waals surface area contributed by atoms with Gasteiger partial charge in [-0.2, -0.15) is 0 Å². The first-order chi connectivity index (χ1) is 19.2. The van der Waals surface area contributed by atoms with E-state index < -0.39 is 11.5 Å². The number of benzene rings is 4. The Morgan fingerprint density at radius 3 is 2.25 bits per heavy atom. The number of aromatic nitrogens is 1. The van der Waals surface area contributed by atoms with Crippen LogP contribution in [0.1, 0.15) is 34.0 Å². The molecule has 5 aromatic rings. The third-order valence-corrected chi connectivity index (χ3v) is 6.50. The summed E-state index contributed by atoms with van der Waals surface area (Å²) < 4.78 is 12.7. The number of fused-ring (bicyclic) bond motifs is 2. The minimum Gasteiger partial charge on any atom is -0.462 e. The number of carbonyl (C=O) groups is 1. The lowest BCUT2D eigenvalue weighted by molar-refractivity contribution is 0.0524. The predicted molar refractivity (Wildman–Crippen MR) is 156 cm³/mol. The molecule has 200 valence electrons. The Balaban J connectivity index is 1.62. The van der Waals surface area contributed by atoms with Crippen molar-refractivity contribution in [2.75, 3.05) is 6.61 Å². The van der Waals surface area contributed by atoms with Gasteiger partial charge >= 0.3 is 5.97 Å². The summed E-state index contributed by atoms with van der Waals surface area (Å²) in [5, 5.41) is 17.9. The fourth-order valence-electron chi connectivity index (χ4n) is 4.53. The van der Waals surface area contributed by atoms with Crippen LogP contribution in [0.5, 0.6) is 11.5 Å². The number of nitrogens with one attached hydrogen (secondary N) is 2. The van der Waals surface area contributed by atoms with E-state index in [1.165, 1.54) is 10.6 Å². The van der Waals surface area contributed by atoms with Crippen molar-refractivity contribution in [1.29, 1.82) is 10.8 Å². The second kappa shape index (κ2) is 10.7. The maximum Gasteiger partial charge on any atom is 0.343 e. The van der Waals surface area contributed by atoms with Crippen molar-refractivity contribution >= 4 is 39.3 Å². The Bertz CT molecular complexity index is 1880. The summed E-state index contributed by atoms with van der Waals surface area (Å²) in [5.41, 5.74) is 13.3. The molecular weight excluding hydrogens is 506 g/mol. The average Bonchev–Trinajstić information content (AvgIpc) is 2.94. The molecule has 9 heteroatoms. The largest absolute Gasteiger partial charge is 0.462 e. The topological polar surface area (TPSA) is 157 Å². The van der Waals surface area contributed by atoms with Crippen molar-refractivity contribution in [2.45, 2.75) is 13.5 Å². The number of amidine groups is 2. The lowest BCUT2D eigenvalue weighted by Gasteiger charge is -2.15. The van der Waals surface area contributed by atoms with E-state index in [9.17, 15) is 9.59 Å². The van der Waals surface area contributed by atoms with Crippen molar-refractivity contribution in [2.24, 2.45) is 11.5 Å². The molecule has 0 spiro atoms. The Labute approximate surface area is 229 Å². The zero-order valence-electron chi connectivity index (χ0n) is 21.7. The Kier molecular flexibility index (Phi) is 7.03. The van der Waals surface area contributed by atoms with E-state index >= 15 is 0 Å². The Morgan fingerprint density at radius 1 is 0.800 bits per heavy atom. The lowest BCUT2D eigenvalue weighted by atomic mass is 10.0. The standard InChI is InChI=1S/C31H27N5O4/c1-2-39-31(38)26-15-20-10-11-25(40-24-5-3-4-21(14-24)28(32)33)16-27(20)36(30(26)37)17-18-6-7-19-8-9-22(29(34)35)13-23(19)12-18/h3-16H,2,17H2,1H3,(H3,32,33)(H3,34,35). The minimum atomic E-state index is -0.686. The molecule has 0 amide bonds. The molecule has 0 aliphatic heterocycles. The van der Waals surface area contributed by atoms with Crippen molar-refractivity contribution in [1.82, 2.24) is 4.57 Å². The number of esters is 1. The second-order valence-corrected chi connectivity index (χ2v) is 9.24. The molecule has 0 unspecified atom stereocenters. The molecule has 4 aromatic carbocycles. The monoisotopic (exact) mass is 533 g/mol. The molecule has 0 saturated heterocycles. The third kappa shape index (κ3) is 5.25. The number of carbonyl (C=O) groups excluding carboxylic acids is 1. The van der Waals surface area contributed by atoms with Crippen molar-refractivity contribution in [3.8, 4) is 11.5 Å². The van der Waals surface area contributed by atoms with Gasteiger partial charge in [-0.25, -0.2) is 4.79 Å². The summed E-state index contributed by atoms with van der Waals surface area (Å²) >= 11 is 0. The van der Waals surface area contributed by atoms with Crippen LogP contribution in [0.4, 0.5) is 0 Å². The highest BCUT2D eigenvalue weighted by atomic mass is 16.5. The zero-order chi connectivity index (χ0) is 28.4. The van der Waals surface area contributed by atoms with Gasteiger partial charge in [-0.15, -0.1) is 0 Å². The van der Waals surface area contributed by atoms with Gasteiger partial charge in [0.05, 0.1) is 18.7 Å². The fraction of sp³-hybridized carbons (Fsp3) is 0.0968. The smallest absolute Gasteiger partial charge is 0.343 e. The SMILES string of the molecule is CCOC(=O)c1cc2ccc(Oc3cccc(C(=N)N)c3)cc2n(Cc2ccc3ccc(C(=N)N)cc3c2)c1=O. The first-order valence-electron chi connectivity index (χ1n) is 12.6. The molecule has 40 heavy (non-hydrogen) atoms. The van der Waals surface area contributed by atoms with Gasteiger partial charge in [-0.1, -0.05) is 36.4 Å². The fourth-order valence-corrected chi connectivity index (χ4v) is 4.53. The number of nitrogens with two attached hydrogens (primary N) is 2. The number of ether oxygens (including phenoxy) is 2. The van der Waals surface area contributed by atoms with Gasteiger partial charge in [0.25, 0.3) is 5.56 Å². The zero-order valence-corrected chi connectivity index (χ0v) is 21.7. The molecule has 0 atom stereocenters. The Hall–Kier alpha value is -5.44. The number of rotatable bonds is 8. The van der Waals surface area contributed by atoms with Crippen molar-refractivity contribution in [3.05, 3.63) is 118 Å². The van der Waals surface area contributed by atoms with Crippen molar-refractivity contribution < 1.29 is 14.3 Å². The van der Waals surface area contributed by atoms with Crippen LogP contribution in [0, 0.1) is 10.8 Å². The van der Waals surface area contributed by atoms with E-state index in [1.54, 1.807) is 55.5 Å². The van der Waals surface area contributed by atoms with E-state index in [-0.39, 0.29) is 30.4 Å². The number of hydrogen-bond acceptors (Lipinski definition) is 6. The van der Waals surface area contributed by atoms with E-state index in [0.29, 0.717) is 33.5 Å². The van der Waals surface area contributed by atoms with Gasteiger partial charge in [-0.05, 0) is 71.1 Å². The summed E-state index contributed by atoms with van der Waals surface area (Å²) in [7, 11) is 0. The lowest BCUT2D eigenvalue weighted by Crippen LogP contribution is -2.28. The summed E-state index contributed by atoms with van der Waals surface area (Å²) in [6, 6.07) is 25.0. The van der Waals surface area contributed by atoms with Crippen LogP contribution in [0.2, 0.25) is 0 Å². The summed E-state index contributed by atoms with van der Waals surface area (Å²) in [4.78, 5) is 26.3. The molecule has 1 aromatic heterocycles. The quantitative estimate of drug-likeness (QED) is 0.128. The van der Waals surface area contributed by atoms with Gasteiger partial charge in [0, 0.05) is 17.2 Å². The molecule has 0 saturated carbocycles. The molecule has 5 rings (SSSR count). The molecule has 0 aliphatic carbocycles. The minimum absolute atomic E-state index is 0.0296. The molecule has 6 N–H and O–H groups in total.